The molecule has 1 aromatic carbocycles. The zero-order valence-corrected chi connectivity index (χ0v) is 19.5. The number of rotatable bonds is 7. The molecule has 2 aromatic heterocycles. The van der Waals surface area contributed by atoms with E-state index in [1.165, 1.54) is 5.56 Å². The molecule has 0 aliphatic heterocycles. The Morgan fingerprint density at radius 2 is 2.03 bits per heavy atom. The minimum absolute atomic E-state index is 0.0607. The van der Waals surface area contributed by atoms with E-state index in [9.17, 15) is 4.79 Å². The highest BCUT2D eigenvalue weighted by Crippen LogP contribution is 2.29. The lowest BCUT2D eigenvalue weighted by Crippen LogP contribution is -2.51. The van der Waals surface area contributed by atoms with E-state index in [1.54, 1.807) is 13.3 Å². The number of benzene rings is 1. The number of aromatic nitrogens is 2. The third-order valence-electron chi connectivity index (χ3n) is 6.68. The van der Waals surface area contributed by atoms with Gasteiger partial charge in [0.15, 0.2) is 0 Å². The number of fused-ring (bicyclic) bond motifs is 1. The summed E-state index contributed by atoms with van der Waals surface area (Å²) in [4.78, 5) is 23.0. The largest absolute Gasteiger partial charge is 0.497 e. The van der Waals surface area contributed by atoms with Crippen LogP contribution in [0.3, 0.4) is 0 Å². The summed E-state index contributed by atoms with van der Waals surface area (Å²) in [6.45, 7) is 7.20. The fraction of sp³-hybridized carbons (Fsp3) is 0.462. The van der Waals surface area contributed by atoms with Crippen molar-refractivity contribution in [2.45, 2.75) is 64.1 Å². The van der Waals surface area contributed by atoms with Gasteiger partial charge >= 0.3 is 0 Å². The quantitative estimate of drug-likeness (QED) is 0.557. The molecule has 1 unspecified atom stereocenters. The Morgan fingerprint density at radius 1 is 1.25 bits per heavy atom. The molecule has 2 atom stereocenters. The van der Waals surface area contributed by atoms with Crippen molar-refractivity contribution in [3.8, 4) is 5.75 Å². The van der Waals surface area contributed by atoms with Gasteiger partial charge in [-0.15, -0.1) is 0 Å². The number of methoxy groups -OCH3 is 1. The van der Waals surface area contributed by atoms with Gasteiger partial charge in [0.2, 0.25) is 0 Å². The maximum absolute atomic E-state index is 13.4. The molecule has 1 saturated carbocycles. The highest BCUT2D eigenvalue weighted by molar-refractivity contribution is 5.97. The lowest BCUT2D eigenvalue weighted by Gasteiger charge is -2.40. The van der Waals surface area contributed by atoms with Crippen LogP contribution in [0.5, 0.6) is 5.75 Å². The summed E-state index contributed by atoms with van der Waals surface area (Å²) in [7, 11) is 1.69. The van der Waals surface area contributed by atoms with E-state index in [-0.39, 0.29) is 17.5 Å². The van der Waals surface area contributed by atoms with Gasteiger partial charge in [0.25, 0.3) is 5.91 Å². The summed E-state index contributed by atoms with van der Waals surface area (Å²) < 4.78 is 5.30. The minimum Gasteiger partial charge on any atom is -0.497 e. The molecule has 2 heterocycles. The van der Waals surface area contributed by atoms with Crippen LogP contribution in [-0.2, 0) is 5.54 Å². The molecule has 1 amide bonds. The molecular formula is C26H34N4O2. The average molecular weight is 435 g/mol. The number of carbonyl (C=O) groups excluding carboxylic acids is 1. The van der Waals surface area contributed by atoms with E-state index >= 15 is 0 Å². The van der Waals surface area contributed by atoms with Gasteiger partial charge in [-0.3, -0.25) is 9.78 Å². The number of amides is 1. The molecule has 2 N–H and O–H groups in total. The molecule has 32 heavy (non-hydrogen) atoms. The summed E-state index contributed by atoms with van der Waals surface area (Å²) in [5.74, 6) is 0.928. The van der Waals surface area contributed by atoms with Crippen molar-refractivity contribution in [3.05, 3.63) is 59.9 Å². The Hall–Kier alpha value is -2.86. The fourth-order valence-electron chi connectivity index (χ4n) is 4.97. The van der Waals surface area contributed by atoms with E-state index in [2.05, 4.69) is 48.2 Å². The van der Waals surface area contributed by atoms with Gasteiger partial charge in [-0.05, 0) is 82.3 Å². The normalized spacial score (nSPS) is 19.1. The van der Waals surface area contributed by atoms with Crippen LogP contribution in [0.4, 0.5) is 0 Å². The summed E-state index contributed by atoms with van der Waals surface area (Å²) >= 11 is 0. The van der Waals surface area contributed by atoms with Crippen LogP contribution in [0.25, 0.3) is 11.0 Å². The van der Waals surface area contributed by atoms with Gasteiger partial charge in [0, 0.05) is 30.4 Å². The highest BCUT2D eigenvalue weighted by atomic mass is 16.5. The molecule has 6 heteroatoms. The van der Waals surface area contributed by atoms with Crippen LogP contribution in [0, 0.1) is 0 Å². The molecule has 3 aromatic rings. The van der Waals surface area contributed by atoms with Crippen LogP contribution in [0.15, 0.2) is 48.7 Å². The van der Waals surface area contributed by atoms with Crippen molar-refractivity contribution in [1.29, 1.82) is 0 Å². The van der Waals surface area contributed by atoms with Crippen molar-refractivity contribution in [1.82, 2.24) is 20.2 Å². The lowest BCUT2D eigenvalue weighted by atomic mass is 9.86. The van der Waals surface area contributed by atoms with Crippen molar-refractivity contribution in [2.24, 2.45) is 0 Å². The van der Waals surface area contributed by atoms with E-state index in [4.69, 9.17) is 4.74 Å². The van der Waals surface area contributed by atoms with Crippen molar-refractivity contribution in [2.75, 3.05) is 13.7 Å². The van der Waals surface area contributed by atoms with Crippen LogP contribution in [-0.4, -0.2) is 46.5 Å². The molecule has 0 bridgehead atoms. The number of H-pyrrole nitrogens is 1. The highest BCUT2D eigenvalue weighted by Gasteiger charge is 2.33. The van der Waals surface area contributed by atoms with Crippen molar-refractivity contribution >= 4 is 16.9 Å². The second kappa shape index (κ2) is 9.33. The number of pyridine rings is 1. The number of nitrogens with one attached hydrogen (secondary N) is 2. The Kier molecular flexibility index (Phi) is 6.51. The Bertz CT molecular complexity index is 1020. The Balaban J connectivity index is 1.46. The van der Waals surface area contributed by atoms with Crippen LogP contribution < -0.4 is 10.1 Å². The first kappa shape index (κ1) is 22.3. The van der Waals surface area contributed by atoms with Crippen LogP contribution in [0.2, 0.25) is 0 Å². The predicted molar refractivity (Wildman–Crippen MR) is 128 cm³/mol. The lowest BCUT2D eigenvalue weighted by molar-refractivity contribution is 0.0614. The predicted octanol–water partition coefficient (Wildman–Crippen LogP) is 4.87. The van der Waals surface area contributed by atoms with E-state index in [0.717, 1.165) is 42.5 Å². The van der Waals surface area contributed by atoms with E-state index in [1.807, 2.05) is 35.2 Å². The van der Waals surface area contributed by atoms with Crippen molar-refractivity contribution in [3.63, 3.8) is 0 Å². The zero-order chi connectivity index (χ0) is 22.7. The molecule has 1 aliphatic carbocycles. The first-order valence-electron chi connectivity index (χ1n) is 11.6. The summed E-state index contributed by atoms with van der Waals surface area (Å²) in [5, 5.41) is 3.86. The summed E-state index contributed by atoms with van der Waals surface area (Å²) in [6.07, 6.45) is 5.98. The van der Waals surface area contributed by atoms with Crippen LogP contribution >= 0.6 is 0 Å². The number of carbonyl (C=O) groups is 1. The van der Waals surface area contributed by atoms with Gasteiger partial charge in [-0.25, -0.2) is 0 Å². The molecule has 170 valence electrons. The average Bonchev–Trinajstić information content (AvgIpc) is 3.24. The maximum atomic E-state index is 13.4. The SMILES string of the molecule is CCN(C(=O)c1cc2ncccc2[nH]1)[C@H]1CCCC(NC(C)(C)c2ccc(OC)cc2)C1. The topological polar surface area (TPSA) is 70.2 Å². The number of nitrogens with zero attached hydrogens (tertiary/aromatic N) is 2. The third kappa shape index (κ3) is 4.65. The molecule has 0 spiro atoms. The Labute approximate surface area is 190 Å². The first-order valence-corrected chi connectivity index (χ1v) is 11.6. The summed E-state index contributed by atoms with van der Waals surface area (Å²) in [6, 6.07) is 14.6. The minimum atomic E-state index is -0.164. The van der Waals surface area contributed by atoms with Gasteiger partial charge < -0.3 is 19.9 Å². The second-order valence-corrected chi connectivity index (χ2v) is 9.23. The number of aromatic amines is 1. The second-order valence-electron chi connectivity index (χ2n) is 9.23. The number of ether oxygens (including phenoxy) is 1. The van der Waals surface area contributed by atoms with Gasteiger partial charge in [0.05, 0.1) is 18.1 Å². The molecule has 4 rings (SSSR count). The smallest absolute Gasteiger partial charge is 0.270 e. The monoisotopic (exact) mass is 434 g/mol. The van der Waals surface area contributed by atoms with Crippen LogP contribution in [0.1, 0.15) is 62.5 Å². The van der Waals surface area contributed by atoms with Crippen molar-refractivity contribution < 1.29 is 9.53 Å². The molecule has 0 radical (unpaired) electrons. The fourth-order valence-corrected chi connectivity index (χ4v) is 4.97. The van der Waals surface area contributed by atoms with Gasteiger partial charge in [-0.1, -0.05) is 12.1 Å². The number of hydrogen-bond acceptors (Lipinski definition) is 4. The van der Waals surface area contributed by atoms with E-state index in [0.29, 0.717) is 18.3 Å². The molecule has 1 fully saturated rings. The standard InChI is InChI=1S/C26H34N4O2/c1-5-30(25(31)24-17-23-22(28-24)10-7-15-27-23)20-9-6-8-19(16-20)29-26(2,3)18-11-13-21(32-4)14-12-18/h7,10-15,17,19-20,28-29H,5-6,8-9,16H2,1-4H3/t19?,20-/m0/s1. The van der Waals surface area contributed by atoms with Gasteiger partial charge in [0.1, 0.15) is 11.4 Å². The molecule has 6 nitrogen and oxygen atoms in total. The summed E-state index contributed by atoms with van der Waals surface area (Å²) in [5.41, 5.74) is 3.42. The van der Waals surface area contributed by atoms with Gasteiger partial charge in [-0.2, -0.15) is 0 Å². The number of hydrogen-bond donors (Lipinski definition) is 2. The Morgan fingerprint density at radius 3 is 2.72 bits per heavy atom. The van der Waals surface area contributed by atoms with E-state index < -0.39 is 0 Å². The molecule has 0 saturated heterocycles. The zero-order valence-electron chi connectivity index (χ0n) is 19.5. The first-order chi connectivity index (χ1) is 15.4. The third-order valence-corrected chi connectivity index (χ3v) is 6.68. The maximum Gasteiger partial charge on any atom is 0.270 e. The molecule has 1 aliphatic rings. The molecular weight excluding hydrogens is 400 g/mol.